The first kappa shape index (κ1) is 15.1. The maximum atomic E-state index is 13.6. The number of ether oxygens (including phenoxy) is 2. The van der Waals surface area contributed by atoms with Crippen molar-refractivity contribution < 1.29 is 13.9 Å². The van der Waals surface area contributed by atoms with E-state index in [4.69, 9.17) is 32.2 Å². The summed E-state index contributed by atoms with van der Waals surface area (Å²) in [5.74, 6) is -0.0313. The quantitative estimate of drug-likeness (QED) is 0.657. The smallest absolute Gasteiger partial charge is 0.165 e. The van der Waals surface area contributed by atoms with Gasteiger partial charge in [-0.15, -0.1) is 0 Å². The monoisotopic (exact) mass is 308 g/mol. The fourth-order valence-electron chi connectivity index (χ4n) is 1.80. The van der Waals surface area contributed by atoms with Gasteiger partial charge in [-0.2, -0.15) is 0 Å². The third kappa shape index (κ3) is 3.64. The third-order valence-corrected chi connectivity index (χ3v) is 3.08. The predicted molar refractivity (Wildman–Crippen MR) is 79.8 cm³/mol. The van der Waals surface area contributed by atoms with Crippen molar-refractivity contribution in [2.45, 2.75) is 6.61 Å². The minimum atomic E-state index is -0.462. The van der Waals surface area contributed by atoms with Gasteiger partial charge in [0.15, 0.2) is 11.6 Å². The SMILES string of the molecule is COc1ccc(COc2cc(Cl)ccc2C(=N)N)cc1F. The van der Waals surface area contributed by atoms with Crippen LogP contribution in [0.5, 0.6) is 11.5 Å². The van der Waals surface area contributed by atoms with Crippen LogP contribution in [-0.4, -0.2) is 12.9 Å². The van der Waals surface area contributed by atoms with Gasteiger partial charge in [0, 0.05) is 5.02 Å². The number of nitrogen functional groups attached to an aromatic ring is 1. The van der Waals surface area contributed by atoms with Crippen LogP contribution in [0, 0.1) is 11.2 Å². The zero-order valence-electron chi connectivity index (χ0n) is 11.3. The number of nitrogens with one attached hydrogen (secondary N) is 1. The summed E-state index contributed by atoms with van der Waals surface area (Å²) in [4.78, 5) is 0. The molecule has 0 spiro atoms. The van der Waals surface area contributed by atoms with Crippen molar-refractivity contribution in [3.05, 3.63) is 58.4 Å². The summed E-state index contributed by atoms with van der Waals surface area (Å²) in [6.07, 6.45) is 0. The number of halogens is 2. The zero-order chi connectivity index (χ0) is 15.4. The van der Waals surface area contributed by atoms with Crippen LogP contribution >= 0.6 is 11.6 Å². The number of hydrogen-bond acceptors (Lipinski definition) is 3. The molecule has 2 aromatic carbocycles. The molecule has 110 valence electrons. The molecule has 0 aromatic heterocycles. The number of nitrogens with two attached hydrogens (primary N) is 1. The van der Waals surface area contributed by atoms with E-state index in [1.165, 1.54) is 19.2 Å². The number of benzene rings is 2. The van der Waals surface area contributed by atoms with Crippen LogP contribution in [0.3, 0.4) is 0 Å². The molecule has 2 aromatic rings. The van der Waals surface area contributed by atoms with Crippen LogP contribution in [0.15, 0.2) is 36.4 Å². The van der Waals surface area contributed by atoms with Crippen molar-refractivity contribution in [1.82, 2.24) is 0 Å². The standard InChI is InChI=1S/C15H14ClFN2O2/c1-20-13-5-2-9(6-12(13)17)8-21-14-7-10(16)3-4-11(14)15(18)19/h2-7H,8H2,1H3,(H3,18,19). The Hall–Kier alpha value is -2.27. The number of hydrogen-bond donors (Lipinski definition) is 2. The summed E-state index contributed by atoms with van der Waals surface area (Å²) >= 11 is 5.90. The Labute approximate surface area is 126 Å². The van der Waals surface area contributed by atoms with Gasteiger partial charge in [0.05, 0.1) is 12.7 Å². The Kier molecular flexibility index (Phi) is 4.65. The molecule has 0 aliphatic heterocycles. The van der Waals surface area contributed by atoms with Gasteiger partial charge in [-0.05, 0) is 35.9 Å². The molecule has 6 heteroatoms. The fourth-order valence-corrected chi connectivity index (χ4v) is 1.96. The second-order valence-corrected chi connectivity index (χ2v) is 4.75. The highest BCUT2D eigenvalue weighted by Gasteiger charge is 2.09. The average Bonchev–Trinajstić information content (AvgIpc) is 2.45. The molecular weight excluding hydrogens is 295 g/mol. The molecule has 0 aliphatic carbocycles. The lowest BCUT2D eigenvalue weighted by molar-refractivity contribution is 0.304. The molecule has 0 atom stereocenters. The van der Waals surface area contributed by atoms with Crippen molar-refractivity contribution in [3.8, 4) is 11.5 Å². The van der Waals surface area contributed by atoms with E-state index in [-0.39, 0.29) is 18.2 Å². The van der Waals surface area contributed by atoms with Crippen molar-refractivity contribution in [2.24, 2.45) is 5.73 Å². The van der Waals surface area contributed by atoms with Gasteiger partial charge >= 0.3 is 0 Å². The van der Waals surface area contributed by atoms with Crippen LogP contribution in [0.25, 0.3) is 0 Å². The van der Waals surface area contributed by atoms with E-state index in [2.05, 4.69) is 0 Å². The topological polar surface area (TPSA) is 68.3 Å². The molecule has 0 aliphatic rings. The molecule has 0 saturated carbocycles. The third-order valence-electron chi connectivity index (χ3n) is 2.84. The average molecular weight is 309 g/mol. The molecule has 4 nitrogen and oxygen atoms in total. The van der Waals surface area contributed by atoms with E-state index in [9.17, 15) is 4.39 Å². The highest BCUT2D eigenvalue weighted by molar-refractivity contribution is 6.30. The molecule has 0 unspecified atom stereocenters. The van der Waals surface area contributed by atoms with E-state index in [1.807, 2.05) is 0 Å². The minimum Gasteiger partial charge on any atom is -0.494 e. The maximum Gasteiger partial charge on any atom is 0.165 e. The second kappa shape index (κ2) is 6.45. The molecule has 0 saturated heterocycles. The highest BCUT2D eigenvalue weighted by Crippen LogP contribution is 2.25. The minimum absolute atomic E-state index is 0.123. The Balaban J connectivity index is 2.18. The summed E-state index contributed by atoms with van der Waals surface area (Å²) < 4.78 is 24.0. The molecule has 0 fully saturated rings. The van der Waals surface area contributed by atoms with E-state index < -0.39 is 5.82 Å². The summed E-state index contributed by atoms with van der Waals surface area (Å²) in [5.41, 5.74) is 6.55. The van der Waals surface area contributed by atoms with Crippen LogP contribution in [0.1, 0.15) is 11.1 Å². The molecule has 0 bridgehead atoms. The molecular formula is C15H14ClFN2O2. The Bertz CT molecular complexity index is 677. The first-order valence-electron chi connectivity index (χ1n) is 6.10. The summed E-state index contributed by atoms with van der Waals surface area (Å²) in [6, 6.07) is 9.35. The molecule has 0 radical (unpaired) electrons. The number of amidine groups is 1. The van der Waals surface area contributed by atoms with E-state index >= 15 is 0 Å². The molecule has 0 amide bonds. The van der Waals surface area contributed by atoms with Crippen molar-refractivity contribution in [1.29, 1.82) is 5.41 Å². The highest BCUT2D eigenvalue weighted by atomic mass is 35.5. The number of rotatable bonds is 5. The van der Waals surface area contributed by atoms with Gasteiger partial charge in [-0.1, -0.05) is 17.7 Å². The van der Waals surface area contributed by atoms with Crippen molar-refractivity contribution in [3.63, 3.8) is 0 Å². The lowest BCUT2D eigenvalue weighted by Gasteiger charge is -2.11. The van der Waals surface area contributed by atoms with Gasteiger partial charge in [-0.25, -0.2) is 4.39 Å². The summed E-state index contributed by atoms with van der Waals surface area (Å²) in [6.45, 7) is 0.127. The van der Waals surface area contributed by atoms with Gasteiger partial charge < -0.3 is 15.2 Å². The maximum absolute atomic E-state index is 13.6. The van der Waals surface area contributed by atoms with Crippen molar-refractivity contribution in [2.75, 3.05) is 7.11 Å². The van der Waals surface area contributed by atoms with Gasteiger partial charge in [-0.3, -0.25) is 5.41 Å². The summed E-state index contributed by atoms with van der Waals surface area (Å²) in [7, 11) is 1.40. The van der Waals surface area contributed by atoms with Crippen molar-refractivity contribution >= 4 is 17.4 Å². The van der Waals surface area contributed by atoms with E-state index in [0.717, 1.165) is 0 Å². The molecule has 3 N–H and O–H groups in total. The zero-order valence-corrected chi connectivity index (χ0v) is 12.1. The Morgan fingerprint density at radius 3 is 2.62 bits per heavy atom. The lowest BCUT2D eigenvalue weighted by atomic mass is 10.2. The van der Waals surface area contributed by atoms with Crippen LogP contribution in [-0.2, 0) is 6.61 Å². The molecule has 0 heterocycles. The number of methoxy groups -OCH3 is 1. The van der Waals surface area contributed by atoms with Crippen LogP contribution in [0.2, 0.25) is 5.02 Å². The Morgan fingerprint density at radius 1 is 1.24 bits per heavy atom. The molecule has 21 heavy (non-hydrogen) atoms. The summed E-state index contributed by atoms with van der Waals surface area (Å²) in [5, 5.41) is 7.96. The first-order valence-corrected chi connectivity index (χ1v) is 6.48. The first-order chi connectivity index (χ1) is 10.0. The van der Waals surface area contributed by atoms with Crippen LogP contribution < -0.4 is 15.2 Å². The molecule has 2 rings (SSSR count). The van der Waals surface area contributed by atoms with E-state index in [0.29, 0.717) is 21.9 Å². The van der Waals surface area contributed by atoms with Gasteiger partial charge in [0.1, 0.15) is 18.2 Å². The van der Waals surface area contributed by atoms with Gasteiger partial charge in [0.2, 0.25) is 0 Å². The largest absolute Gasteiger partial charge is 0.494 e. The predicted octanol–water partition coefficient (Wildman–Crippen LogP) is 3.35. The fraction of sp³-hybridized carbons (Fsp3) is 0.133. The normalized spacial score (nSPS) is 10.2. The Morgan fingerprint density at radius 2 is 2.00 bits per heavy atom. The second-order valence-electron chi connectivity index (χ2n) is 4.31. The van der Waals surface area contributed by atoms with Gasteiger partial charge in [0.25, 0.3) is 0 Å². The van der Waals surface area contributed by atoms with E-state index in [1.54, 1.807) is 24.3 Å². The lowest BCUT2D eigenvalue weighted by Crippen LogP contribution is -2.13. The van der Waals surface area contributed by atoms with Crippen LogP contribution in [0.4, 0.5) is 4.39 Å².